The Kier molecular flexibility index (Phi) is 5.85. The molecule has 0 aliphatic heterocycles. The Morgan fingerprint density at radius 3 is 2.71 bits per heavy atom. The fourth-order valence-electron chi connectivity index (χ4n) is 0.287. The molecule has 1 radical (unpaired) electrons. The lowest BCUT2D eigenvalue weighted by atomic mass is 10.5. The highest BCUT2D eigenvalue weighted by molar-refractivity contribution is 4.35. The Hall–Kier alpha value is -0.0800. The topological polar surface area (TPSA) is 35.2 Å². The average molecular weight is 102 g/mol. The molecular formula is C5H12NO. The maximum Gasteiger partial charge on any atom is 0.0478 e. The first-order valence-electron chi connectivity index (χ1n) is 2.49. The molecule has 0 aromatic heterocycles. The van der Waals surface area contributed by atoms with Gasteiger partial charge in [-0.05, 0) is 19.9 Å². The Morgan fingerprint density at radius 2 is 2.29 bits per heavy atom. The molecule has 0 aromatic carbocycles. The van der Waals surface area contributed by atoms with Gasteiger partial charge in [-0.25, -0.2) is 0 Å². The molecular weight excluding hydrogens is 90.1 g/mol. The number of hydrogen-bond donors (Lipinski definition) is 1. The Labute approximate surface area is 44.7 Å². The van der Waals surface area contributed by atoms with Crippen molar-refractivity contribution in [3.8, 4) is 0 Å². The van der Waals surface area contributed by atoms with Gasteiger partial charge in [-0.2, -0.15) is 0 Å². The number of hydrogen-bond acceptors (Lipinski definition) is 2. The van der Waals surface area contributed by atoms with Crippen molar-refractivity contribution < 1.29 is 4.74 Å². The van der Waals surface area contributed by atoms with E-state index >= 15 is 0 Å². The van der Waals surface area contributed by atoms with Crippen LogP contribution in [0.25, 0.3) is 0 Å². The maximum absolute atomic E-state index is 5.17. The van der Waals surface area contributed by atoms with Gasteiger partial charge in [-0.1, -0.05) is 0 Å². The molecule has 0 aromatic rings. The third-order valence-electron chi connectivity index (χ3n) is 0.637. The molecule has 0 saturated heterocycles. The Bertz CT molecular complexity index is 27.3. The van der Waals surface area contributed by atoms with Crippen molar-refractivity contribution in [2.24, 2.45) is 5.73 Å². The molecule has 0 fully saturated rings. The van der Waals surface area contributed by atoms with E-state index in [2.05, 4.69) is 6.92 Å². The van der Waals surface area contributed by atoms with Crippen LogP contribution in [0.2, 0.25) is 0 Å². The minimum Gasteiger partial charge on any atom is -0.381 e. The van der Waals surface area contributed by atoms with E-state index in [1.807, 2.05) is 0 Å². The largest absolute Gasteiger partial charge is 0.381 e. The lowest BCUT2D eigenvalue weighted by Gasteiger charge is -1.94. The standard InChI is InChI=1S/C5H12NO/c1-2-7-5-3-4-6/h1-6H2. The molecule has 0 heterocycles. The van der Waals surface area contributed by atoms with Crippen LogP contribution in [0.1, 0.15) is 6.42 Å². The van der Waals surface area contributed by atoms with E-state index in [9.17, 15) is 0 Å². The molecule has 0 aliphatic carbocycles. The fraction of sp³-hybridized carbons (Fsp3) is 0.800. The summed E-state index contributed by atoms with van der Waals surface area (Å²) in [5.74, 6) is 0. The SMILES string of the molecule is [CH2]COCCCN. The molecule has 2 nitrogen and oxygen atoms in total. The summed E-state index contributed by atoms with van der Waals surface area (Å²) in [6.45, 7) is 5.51. The van der Waals surface area contributed by atoms with E-state index in [4.69, 9.17) is 10.5 Å². The molecule has 0 atom stereocenters. The van der Waals surface area contributed by atoms with Crippen LogP contribution < -0.4 is 5.73 Å². The summed E-state index contributed by atoms with van der Waals surface area (Å²) >= 11 is 0. The van der Waals surface area contributed by atoms with Crippen LogP contribution in [0.15, 0.2) is 0 Å². The summed E-state index contributed by atoms with van der Waals surface area (Å²) in [4.78, 5) is 0. The fourth-order valence-corrected chi connectivity index (χ4v) is 0.287. The highest BCUT2D eigenvalue weighted by atomic mass is 16.5. The zero-order chi connectivity index (χ0) is 5.54. The molecule has 0 bridgehead atoms. The third-order valence-corrected chi connectivity index (χ3v) is 0.637. The molecule has 43 valence electrons. The van der Waals surface area contributed by atoms with Gasteiger partial charge in [-0.15, -0.1) is 0 Å². The summed E-state index contributed by atoms with van der Waals surface area (Å²) in [5, 5.41) is 0. The molecule has 0 unspecified atom stereocenters. The van der Waals surface area contributed by atoms with Crippen molar-refractivity contribution in [3.63, 3.8) is 0 Å². The van der Waals surface area contributed by atoms with Crippen LogP contribution >= 0.6 is 0 Å². The predicted octanol–water partition coefficient (Wildman–Crippen LogP) is 0.186. The van der Waals surface area contributed by atoms with E-state index in [1.165, 1.54) is 0 Å². The summed E-state index contributed by atoms with van der Waals surface area (Å²) in [6.07, 6.45) is 0.940. The Morgan fingerprint density at radius 1 is 1.57 bits per heavy atom. The second-order valence-electron chi connectivity index (χ2n) is 1.25. The first kappa shape index (κ1) is 6.92. The normalized spacial score (nSPS) is 9.43. The number of ether oxygens (including phenoxy) is 1. The van der Waals surface area contributed by atoms with E-state index in [-0.39, 0.29) is 0 Å². The van der Waals surface area contributed by atoms with E-state index in [0.717, 1.165) is 13.0 Å². The lowest BCUT2D eigenvalue weighted by molar-refractivity contribution is 0.160. The molecule has 0 aliphatic rings. The Balaban J connectivity index is 2.45. The number of nitrogens with two attached hydrogens (primary N) is 1. The molecule has 0 amide bonds. The van der Waals surface area contributed by atoms with Crippen molar-refractivity contribution >= 4 is 0 Å². The molecule has 2 heteroatoms. The van der Waals surface area contributed by atoms with Crippen molar-refractivity contribution in [1.82, 2.24) is 0 Å². The molecule has 7 heavy (non-hydrogen) atoms. The zero-order valence-corrected chi connectivity index (χ0v) is 4.52. The van der Waals surface area contributed by atoms with Gasteiger partial charge in [0.25, 0.3) is 0 Å². The first-order chi connectivity index (χ1) is 3.41. The van der Waals surface area contributed by atoms with Crippen LogP contribution in [0.4, 0.5) is 0 Å². The third kappa shape index (κ3) is 5.92. The monoisotopic (exact) mass is 102 g/mol. The average Bonchev–Trinajstić information content (AvgIpc) is 1.69. The van der Waals surface area contributed by atoms with E-state index < -0.39 is 0 Å². The van der Waals surface area contributed by atoms with Gasteiger partial charge >= 0.3 is 0 Å². The lowest BCUT2D eigenvalue weighted by Crippen LogP contribution is -2.03. The minimum atomic E-state index is 0.556. The molecule has 0 spiro atoms. The van der Waals surface area contributed by atoms with Crippen LogP contribution in [0.5, 0.6) is 0 Å². The summed E-state index contributed by atoms with van der Waals surface area (Å²) in [5.41, 5.74) is 5.17. The van der Waals surface area contributed by atoms with Gasteiger partial charge in [0, 0.05) is 13.2 Å². The second kappa shape index (κ2) is 5.92. The van der Waals surface area contributed by atoms with Crippen LogP contribution in [0.3, 0.4) is 0 Å². The summed E-state index contributed by atoms with van der Waals surface area (Å²) in [7, 11) is 0. The van der Waals surface area contributed by atoms with Gasteiger partial charge in [0.1, 0.15) is 0 Å². The molecule has 2 N–H and O–H groups in total. The van der Waals surface area contributed by atoms with Crippen molar-refractivity contribution in [2.45, 2.75) is 6.42 Å². The van der Waals surface area contributed by atoms with Crippen molar-refractivity contribution in [1.29, 1.82) is 0 Å². The van der Waals surface area contributed by atoms with Crippen LogP contribution in [-0.2, 0) is 4.74 Å². The highest BCUT2D eigenvalue weighted by Gasteiger charge is 1.78. The smallest absolute Gasteiger partial charge is 0.0478 e. The summed E-state index contributed by atoms with van der Waals surface area (Å²) < 4.78 is 4.88. The van der Waals surface area contributed by atoms with Crippen LogP contribution in [0, 0.1) is 6.92 Å². The molecule has 0 saturated carbocycles. The van der Waals surface area contributed by atoms with Gasteiger partial charge in [0.05, 0.1) is 0 Å². The van der Waals surface area contributed by atoms with Crippen molar-refractivity contribution in [2.75, 3.05) is 19.8 Å². The highest BCUT2D eigenvalue weighted by Crippen LogP contribution is 1.75. The quantitative estimate of drug-likeness (QED) is 0.514. The summed E-state index contributed by atoms with van der Waals surface area (Å²) in [6, 6.07) is 0. The van der Waals surface area contributed by atoms with Gasteiger partial charge in [0.15, 0.2) is 0 Å². The van der Waals surface area contributed by atoms with E-state index in [1.54, 1.807) is 0 Å². The van der Waals surface area contributed by atoms with Gasteiger partial charge < -0.3 is 10.5 Å². The number of rotatable bonds is 4. The minimum absolute atomic E-state index is 0.556. The van der Waals surface area contributed by atoms with Crippen LogP contribution in [-0.4, -0.2) is 19.8 Å². The second-order valence-corrected chi connectivity index (χ2v) is 1.25. The van der Waals surface area contributed by atoms with E-state index in [0.29, 0.717) is 13.2 Å². The van der Waals surface area contributed by atoms with Crippen molar-refractivity contribution in [3.05, 3.63) is 6.92 Å². The zero-order valence-electron chi connectivity index (χ0n) is 4.52. The maximum atomic E-state index is 5.17. The molecule has 0 rings (SSSR count). The predicted molar refractivity (Wildman–Crippen MR) is 29.8 cm³/mol. The first-order valence-corrected chi connectivity index (χ1v) is 2.49. The van der Waals surface area contributed by atoms with Gasteiger partial charge in [0.2, 0.25) is 0 Å². The van der Waals surface area contributed by atoms with Gasteiger partial charge in [-0.3, -0.25) is 0 Å².